The number of phenols is 1. The van der Waals surface area contributed by atoms with Gasteiger partial charge in [0.05, 0.1) is 45.9 Å². The number of nitrogens with zero attached hydrogens (tertiary/aromatic N) is 5. The Bertz CT molecular complexity index is 949. The quantitative estimate of drug-likeness (QED) is 0.391. The SMILES string of the molecule is C[N+](C)(O)Cc1ccc([N+](=O)[O-])cc1.O=[N+]([O-])c1cc([N+](=O)[O-])c(O)c([N+](=O)[O-])c1. The second kappa shape index (κ2) is 9.30. The Labute approximate surface area is 167 Å². The van der Waals surface area contributed by atoms with Gasteiger partial charge in [-0.2, -0.15) is 4.65 Å². The molecule has 2 rings (SSSR count). The maximum atomic E-state index is 10.4. The van der Waals surface area contributed by atoms with Gasteiger partial charge < -0.3 is 5.11 Å². The van der Waals surface area contributed by atoms with Crippen LogP contribution in [0.15, 0.2) is 36.4 Å². The van der Waals surface area contributed by atoms with Crippen molar-refractivity contribution in [2.24, 2.45) is 0 Å². The van der Waals surface area contributed by atoms with Gasteiger partial charge in [-0.05, 0) is 12.1 Å². The minimum atomic E-state index is -1.21. The summed E-state index contributed by atoms with van der Waals surface area (Å²) in [7, 11) is 3.28. The standard InChI is InChI=1S/C9H13N2O3.C6H3N3O7/c1-11(2,14)7-8-3-5-9(6-4-8)10(12)13;10-6-4(8(13)14)1-3(7(11)12)2-5(6)9(15)16/h3-6,14H,7H2,1-2H3;1-2,10H/q+1;. The lowest BCUT2D eigenvalue weighted by Crippen LogP contribution is -2.34. The first kappa shape index (κ1) is 23.8. The highest BCUT2D eigenvalue weighted by atomic mass is 16.6. The Kier molecular flexibility index (Phi) is 7.38. The molecule has 0 saturated heterocycles. The van der Waals surface area contributed by atoms with Crippen LogP contribution in [0.1, 0.15) is 5.56 Å². The molecular weight excluding hydrogens is 410 g/mol. The fraction of sp³-hybridized carbons (Fsp3) is 0.200. The molecule has 15 heteroatoms. The molecule has 0 bridgehead atoms. The summed E-state index contributed by atoms with van der Waals surface area (Å²) < 4.78 is -0.183. The van der Waals surface area contributed by atoms with Gasteiger partial charge in [-0.1, -0.05) is 0 Å². The van der Waals surface area contributed by atoms with Gasteiger partial charge in [0.1, 0.15) is 6.54 Å². The zero-order valence-corrected chi connectivity index (χ0v) is 15.6. The summed E-state index contributed by atoms with van der Waals surface area (Å²) in [5.41, 5.74) is -2.07. The largest absolute Gasteiger partial charge is 0.497 e. The molecule has 15 nitrogen and oxygen atoms in total. The van der Waals surface area contributed by atoms with Gasteiger partial charge in [0, 0.05) is 17.7 Å². The lowest BCUT2D eigenvalue weighted by Gasteiger charge is -2.19. The average Bonchev–Trinajstić information content (AvgIpc) is 2.60. The number of hydroxylamine groups is 3. The van der Waals surface area contributed by atoms with Crippen molar-refractivity contribution >= 4 is 22.7 Å². The predicted molar refractivity (Wildman–Crippen MR) is 98.8 cm³/mol. The number of benzene rings is 2. The number of quaternary nitrogens is 1. The highest BCUT2D eigenvalue weighted by molar-refractivity contribution is 5.64. The van der Waals surface area contributed by atoms with Crippen molar-refractivity contribution in [3.63, 3.8) is 0 Å². The Morgan fingerprint density at radius 1 is 0.767 bits per heavy atom. The van der Waals surface area contributed by atoms with Crippen LogP contribution in [-0.2, 0) is 6.54 Å². The van der Waals surface area contributed by atoms with Gasteiger partial charge in [0.15, 0.2) is 0 Å². The summed E-state index contributed by atoms with van der Waals surface area (Å²) in [6.45, 7) is 0.429. The molecule has 0 fully saturated rings. The molecule has 2 aromatic carbocycles. The molecule has 0 aliphatic heterocycles. The molecule has 0 unspecified atom stereocenters. The highest BCUT2D eigenvalue weighted by Gasteiger charge is 2.30. The molecule has 0 radical (unpaired) electrons. The van der Waals surface area contributed by atoms with E-state index in [0.29, 0.717) is 18.7 Å². The van der Waals surface area contributed by atoms with E-state index in [1.807, 2.05) is 0 Å². The van der Waals surface area contributed by atoms with Crippen LogP contribution >= 0.6 is 0 Å². The maximum Gasteiger partial charge on any atom is 0.324 e. The van der Waals surface area contributed by atoms with Crippen LogP contribution in [0.5, 0.6) is 5.75 Å². The molecule has 0 saturated carbocycles. The van der Waals surface area contributed by atoms with Crippen LogP contribution in [0, 0.1) is 40.5 Å². The molecule has 0 spiro atoms. The van der Waals surface area contributed by atoms with E-state index in [-0.39, 0.29) is 10.3 Å². The third-order valence-electron chi connectivity index (χ3n) is 3.38. The molecule has 0 amide bonds. The normalized spacial score (nSPS) is 10.5. The monoisotopic (exact) mass is 426 g/mol. The van der Waals surface area contributed by atoms with Crippen molar-refractivity contribution in [3.05, 3.63) is 82.4 Å². The summed E-state index contributed by atoms with van der Waals surface area (Å²) in [6.07, 6.45) is 0. The molecule has 2 aromatic rings. The fourth-order valence-corrected chi connectivity index (χ4v) is 2.14. The summed E-state index contributed by atoms with van der Waals surface area (Å²) in [5, 5.41) is 60.0. The van der Waals surface area contributed by atoms with E-state index in [4.69, 9.17) is 5.11 Å². The third-order valence-corrected chi connectivity index (χ3v) is 3.38. The van der Waals surface area contributed by atoms with E-state index in [2.05, 4.69) is 0 Å². The Hall–Kier alpha value is -4.24. The molecule has 0 aliphatic rings. The first-order valence-corrected chi connectivity index (χ1v) is 7.82. The van der Waals surface area contributed by atoms with Gasteiger partial charge in [-0.25, -0.2) is 5.21 Å². The van der Waals surface area contributed by atoms with Crippen LogP contribution in [0.2, 0.25) is 0 Å². The van der Waals surface area contributed by atoms with Crippen molar-refractivity contribution in [2.45, 2.75) is 6.54 Å². The van der Waals surface area contributed by atoms with Crippen molar-refractivity contribution in [2.75, 3.05) is 14.1 Å². The van der Waals surface area contributed by atoms with Gasteiger partial charge >= 0.3 is 11.4 Å². The van der Waals surface area contributed by atoms with E-state index in [0.717, 1.165) is 5.56 Å². The number of nitro groups is 4. The first-order chi connectivity index (χ1) is 13.7. The molecule has 0 heterocycles. The Balaban J connectivity index is 0.000000303. The average molecular weight is 426 g/mol. The van der Waals surface area contributed by atoms with Crippen LogP contribution in [0.4, 0.5) is 22.7 Å². The number of hydrogen-bond acceptors (Lipinski definition) is 10. The Morgan fingerprint density at radius 3 is 1.47 bits per heavy atom. The van der Waals surface area contributed by atoms with E-state index in [9.17, 15) is 45.7 Å². The molecular formula is C15H16N5O10+. The van der Waals surface area contributed by atoms with Crippen LogP contribution in [-0.4, -0.2) is 48.7 Å². The topological polar surface area (TPSA) is 213 Å². The van der Waals surface area contributed by atoms with Crippen molar-refractivity contribution in [1.29, 1.82) is 0 Å². The van der Waals surface area contributed by atoms with Gasteiger partial charge in [-0.15, -0.1) is 0 Å². The lowest BCUT2D eigenvalue weighted by molar-refractivity contribution is -1.08. The van der Waals surface area contributed by atoms with Gasteiger partial charge in [-0.3, -0.25) is 40.5 Å². The molecule has 0 aliphatic carbocycles. The number of aromatic hydroxyl groups is 1. The zero-order valence-electron chi connectivity index (χ0n) is 15.6. The smallest absolute Gasteiger partial charge is 0.324 e. The fourth-order valence-electron chi connectivity index (χ4n) is 2.14. The summed E-state index contributed by atoms with van der Waals surface area (Å²) in [5.74, 6) is -1.21. The van der Waals surface area contributed by atoms with Crippen molar-refractivity contribution in [3.8, 4) is 5.75 Å². The number of phenolic OH excluding ortho intramolecular Hbond substituents is 1. The highest BCUT2D eigenvalue weighted by Crippen LogP contribution is 2.38. The summed E-state index contributed by atoms with van der Waals surface area (Å²) in [6, 6.07) is 7.06. The van der Waals surface area contributed by atoms with Crippen molar-refractivity contribution in [1.82, 2.24) is 0 Å². The van der Waals surface area contributed by atoms with Crippen LogP contribution in [0.25, 0.3) is 0 Å². The number of nitro benzene ring substituents is 4. The second-order valence-electron chi connectivity index (χ2n) is 6.31. The second-order valence-corrected chi connectivity index (χ2v) is 6.31. The predicted octanol–water partition coefficient (Wildman–Crippen LogP) is 2.68. The van der Waals surface area contributed by atoms with E-state index in [1.54, 1.807) is 26.2 Å². The minimum absolute atomic E-state index is 0.0667. The molecule has 160 valence electrons. The van der Waals surface area contributed by atoms with Crippen LogP contribution < -0.4 is 0 Å². The zero-order chi connectivity index (χ0) is 23.2. The first-order valence-electron chi connectivity index (χ1n) is 7.82. The number of rotatable bonds is 6. The van der Waals surface area contributed by atoms with Crippen LogP contribution in [0.3, 0.4) is 0 Å². The molecule has 2 N–H and O–H groups in total. The van der Waals surface area contributed by atoms with Gasteiger partial charge in [0.25, 0.3) is 17.1 Å². The lowest BCUT2D eigenvalue weighted by atomic mass is 10.2. The minimum Gasteiger partial charge on any atom is -0.497 e. The van der Waals surface area contributed by atoms with Crippen molar-refractivity contribution < 1.29 is 34.7 Å². The molecule has 0 atom stereocenters. The summed E-state index contributed by atoms with van der Waals surface area (Å²) >= 11 is 0. The van der Waals surface area contributed by atoms with Gasteiger partial charge in [0.2, 0.25) is 0 Å². The number of hydrogen-bond donors (Lipinski definition) is 2. The molecule has 30 heavy (non-hydrogen) atoms. The third kappa shape index (κ3) is 6.73. The Morgan fingerprint density at radius 2 is 1.17 bits per heavy atom. The van der Waals surface area contributed by atoms with E-state index in [1.165, 1.54) is 12.1 Å². The van der Waals surface area contributed by atoms with E-state index < -0.39 is 42.5 Å². The maximum absolute atomic E-state index is 10.4. The number of non-ortho nitro benzene ring substituents is 2. The molecule has 0 aromatic heterocycles. The summed E-state index contributed by atoms with van der Waals surface area (Å²) in [4.78, 5) is 37.7. The van der Waals surface area contributed by atoms with E-state index >= 15 is 0 Å².